The van der Waals surface area contributed by atoms with E-state index >= 15 is 0 Å². The summed E-state index contributed by atoms with van der Waals surface area (Å²) in [6, 6.07) is 1.69. The van der Waals surface area contributed by atoms with E-state index in [-0.39, 0.29) is 18.4 Å². The molecule has 2 rings (SSSR count). The first-order chi connectivity index (χ1) is 9.34. The molecule has 7 heteroatoms. The standard InChI is InChI=1S/C13H13BrF3NOS/c1-2-3-8(13(15,16)17)6-18-7-9(14)11(19)12-10(18)4-5-20-12/h4-5,7-8H,2-3,6H2,1H3. The summed E-state index contributed by atoms with van der Waals surface area (Å²) in [4.78, 5) is 11.9. The zero-order valence-electron chi connectivity index (χ0n) is 10.7. The van der Waals surface area contributed by atoms with Gasteiger partial charge in [0, 0.05) is 12.7 Å². The van der Waals surface area contributed by atoms with Crippen LogP contribution in [0, 0.1) is 5.92 Å². The van der Waals surface area contributed by atoms with Gasteiger partial charge in [0.05, 0.1) is 20.6 Å². The van der Waals surface area contributed by atoms with Crippen LogP contribution in [0.2, 0.25) is 0 Å². The molecule has 0 aliphatic heterocycles. The molecule has 0 fully saturated rings. The number of alkyl halides is 3. The summed E-state index contributed by atoms with van der Waals surface area (Å²) in [5, 5.41) is 1.72. The van der Waals surface area contributed by atoms with Crippen LogP contribution in [-0.4, -0.2) is 10.7 Å². The van der Waals surface area contributed by atoms with Crippen LogP contribution in [0.5, 0.6) is 0 Å². The fourth-order valence-corrected chi connectivity index (χ4v) is 3.60. The molecule has 0 spiro atoms. The van der Waals surface area contributed by atoms with Gasteiger partial charge in [-0.2, -0.15) is 13.2 Å². The molecule has 0 saturated heterocycles. The minimum absolute atomic E-state index is 0.0822. The Morgan fingerprint density at radius 3 is 2.75 bits per heavy atom. The minimum atomic E-state index is -4.23. The predicted octanol–water partition coefficient (Wildman–Crippen LogP) is 4.80. The van der Waals surface area contributed by atoms with Crippen molar-refractivity contribution >= 4 is 37.5 Å². The predicted molar refractivity (Wildman–Crippen MR) is 78.2 cm³/mol. The number of hydrogen-bond acceptors (Lipinski definition) is 2. The first-order valence-corrected chi connectivity index (χ1v) is 7.84. The van der Waals surface area contributed by atoms with Gasteiger partial charge in [0.15, 0.2) is 0 Å². The quantitative estimate of drug-likeness (QED) is 0.760. The summed E-state index contributed by atoms with van der Waals surface area (Å²) in [6.45, 7) is 1.57. The van der Waals surface area contributed by atoms with Gasteiger partial charge in [-0.1, -0.05) is 13.3 Å². The summed E-state index contributed by atoms with van der Waals surface area (Å²) in [5.41, 5.74) is 0.388. The van der Waals surface area contributed by atoms with E-state index in [0.29, 0.717) is 21.1 Å². The normalized spacial score (nSPS) is 13.8. The average molecular weight is 368 g/mol. The first kappa shape index (κ1) is 15.6. The Kier molecular flexibility index (Phi) is 4.59. The Balaban J connectivity index is 2.45. The largest absolute Gasteiger partial charge is 0.393 e. The molecule has 20 heavy (non-hydrogen) atoms. The summed E-state index contributed by atoms with van der Waals surface area (Å²) in [5.74, 6) is -1.40. The lowest BCUT2D eigenvalue weighted by molar-refractivity contribution is -0.179. The number of fused-ring (bicyclic) bond motifs is 1. The van der Waals surface area contributed by atoms with Gasteiger partial charge in [-0.25, -0.2) is 0 Å². The van der Waals surface area contributed by atoms with Crippen molar-refractivity contribution in [1.29, 1.82) is 0 Å². The van der Waals surface area contributed by atoms with Gasteiger partial charge >= 0.3 is 6.18 Å². The summed E-state index contributed by atoms with van der Waals surface area (Å²) in [7, 11) is 0. The topological polar surface area (TPSA) is 22.0 Å². The van der Waals surface area contributed by atoms with E-state index in [1.54, 1.807) is 18.4 Å². The Morgan fingerprint density at radius 2 is 2.15 bits per heavy atom. The van der Waals surface area contributed by atoms with Crippen molar-refractivity contribution in [3.63, 3.8) is 0 Å². The van der Waals surface area contributed by atoms with E-state index in [0.717, 1.165) is 0 Å². The molecule has 0 radical (unpaired) electrons. The number of hydrogen-bond donors (Lipinski definition) is 0. The third-order valence-corrected chi connectivity index (χ3v) is 4.63. The highest BCUT2D eigenvalue weighted by Crippen LogP contribution is 2.32. The molecule has 0 aliphatic rings. The Labute approximate surface area is 126 Å². The zero-order valence-corrected chi connectivity index (χ0v) is 13.1. The molecule has 2 aromatic heterocycles. The maximum atomic E-state index is 13.0. The molecule has 0 N–H and O–H groups in total. The third-order valence-electron chi connectivity index (χ3n) is 3.16. The van der Waals surface area contributed by atoms with Crippen molar-refractivity contribution in [3.8, 4) is 0 Å². The second-order valence-corrected chi connectivity index (χ2v) is 6.39. The molecular formula is C13H13BrF3NOS. The lowest BCUT2D eigenvalue weighted by Crippen LogP contribution is -2.28. The molecule has 1 atom stereocenters. The molecular weight excluding hydrogens is 355 g/mol. The SMILES string of the molecule is CCCC(Cn1cc(Br)c(=O)c2sccc21)C(F)(F)F. The maximum Gasteiger partial charge on any atom is 0.393 e. The zero-order chi connectivity index (χ0) is 14.9. The summed E-state index contributed by atoms with van der Waals surface area (Å²) >= 11 is 4.37. The van der Waals surface area contributed by atoms with Crippen molar-refractivity contribution in [1.82, 2.24) is 4.57 Å². The van der Waals surface area contributed by atoms with Gasteiger partial charge in [0.25, 0.3) is 0 Å². The summed E-state index contributed by atoms with van der Waals surface area (Å²) in [6.07, 6.45) is -2.23. The van der Waals surface area contributed by atoms with Crippen LogP contribution in [0.15, 0.2) is 26.9 Å². The van der Waals surface area contributed by atoms with Crippen LogP contribution in [-0.2, 0) is 6.54 Å². The number of halogens is 4. The number of thiophene rings is 1. The first-order valence-electron chi connectivity index (χ1n) is 6.17. The van der Waals surface area contributed by atoms with Crippen LogP contribution in [0.25, 0.3) is 10.2 Å². The number of nitrogens with zero attached hydrogens (tertiary/aromatic N) is 1. The van der Waals surface area contributed by atoms with E-state index in [9.17, 15) is 18.0 Å². The number of pyridine rings is 1. The van der Waals surface area contributed by atoms with Crippen molar-refractivity contribution in [2.45, 2.75) is 32.5 Å². The molecule has 2 heterocycles. The smallest absolute Gasteiger partial charge is 0.345 e. The van der Waals surface area contributed by atoms with Crippen LogP contribution >= 0.6 is 27.3 Å². The van der Waals surface area contributed by atoms with E-state index < -0.39 is 12.1 Å². The van der Waals surface area contributed by atoms with E-state index in [1.807, 2.05) is 0 Å². The van der Waals surface area contributed by atoms with Crippen molar-refractivity contribution in [2.75, 3.05) is 0 Å². The molecule has 0 bridgehead atoms. The third kappa shape index (κ3) is 3.09. The van der Waals surface area contributed by atoms with Crippen LogP contribution < -0.4 is 5.43 Å². The molecule has 0 aromatic carbocycles. The van der Waals surface area contributed by atoms with Gasteiger partial charge in [-0.3, -0.25) is 4.79 Å². The molecule has 0 amide bonds. The fourth-order valence-electron chi connectivity index (χ4n) is 2.17. The molecule has 0 saturated carbocycles. The second-order valence-electron chi connectivity index (χ2n) is 4.62. The molecule has 0 aliphatic carbocycles. The van der Waals surface area contributed by atoms with Gasteiger partial charge in [-0.15, -0.1) is 11.3 Å². The van der Waals surface area contributed by atoms with Gasteiger partial charge in [-0.05, 0) is 33.8 Å². The van der Waals surface area contributed by atoms with Gasteiger partial charge < -0.3 is 4.57 Å². The lowest BCUT2D eigenvalue weighted by atomic mass is 10.0. The van der Waals surface area contributed by atoms with Crippen LogP contribution in [0.3, 0.4) is 0 Å². The Morgan fingerprint density at radius 1 is 1.45 bits per heavy atom. The van der Waals surface area contributed by atoms with E-state index in [2.05, 4.69) is 15.9 Å². The van der Waals surface area contributed by atoms with Gasteiger partial charge in [0.2, 0.25) is 5.43 Å². The Bertz CT molecular complexity index is 662. The van der Waals surface area contributed by atoms with E-state index in [1.165, 1.54) is 22.1 Å². The number of aromatic nitrogens is 1. The molecule has 110 valence electrons. The molecule has 1 unspecified atom stereocenters. The number of rotatable bonds is 4. The highest BCUT2D eigenvalue weighted by molar-refractivity contribution is 9.10. The van der Waals surface area contributed by atoms with Crippen molar-refractivity contribution in [2.24, 2.45) is 5.92 Å². The monoisotopic (exact) mass is 367 g/mol. The van der Waals surface area contributed by atoms with Gasteiger partial charge in [0.1, 0.15) is 0 Å². The summed E-state index contributed by atoms with van der Waals surface area (Å²) < 4.78 is 41.3. The van der Waals surface area contributed by atoms with Crippen LogP contribution in [0.1, 0.15) is 19.8 Å². The average Bonchev–Trinajstić information content (AvgIpc) is 2.83. The molecule has 2 aromatic rings. The highest BCUT2D eigenvalue weighted by atomic mass is 79.9. The van der Waals surface area contributed by atoms with E-state index in [4.69, 9.17) is 0 Å². The molecule has 2 nitrogen and oxygen atoms in total. The van der Waals surface area contributed by atoms with Crippen molar-refractivity contribution < 1.29 is 13.2 Å². The minimum Gasteiger partial charge on any atom is -0.345 e. The Hall–Kier alpha value is -0.820. The highest BCUT2D eigenvalue weighted by Gasteiger charge is 2.39. The lowest BCUT2D eigenvalue weighted by Gasteiger charge is -2.21. The van der Waals surface area contributed by atoms with Crippen molar-refractivity contribution in [3.05, 3.63) is 32.3 Å². The fraction of sp³-hybridized carbons (Fsp3) is 0.462. The maximum absolute atomic E-state index is 13.0. The van der Waals surface area contributed by atoms with Crippen LogP contribution in [0.4, 0.5) is 13.2 Å². The second kappa shape index (κ2) is 5.89.